The maximum atomic E-state index is 9.78. The van der Waals surface area contributed by atoms with Crippen molar-refractivity contribution in [3.63, 3.8) is 0 Å². The van der Waals surface area contributed by atoms with Gasteiger partial charge in [-0.1, -0.05) is 0 Å². The van der Waals surface area contributed by atoms with Gasteiger partial charge < -0.3 is 50.0 Å². The van der Waals surface area contributed by atoms with E-state index in [1.807, 2.05) is 0 Å². The monoisotopic (exact) mass is 312 g/mol. The first-order chi connectivity index (χ1) is 9.86. The Morgan fingerprint density at radius 1 is 0.857 bits per heavy atom. The number of aliphatic hydroxyl groups excluding tert-OH is 7. The highest BCUT2D eigenvalue weighted by molar-refractivity contribution is 4.91. The van der Waals surface area contributed by atoms with Gasteiger partial charge in [0.2, 0.25) is 0 Å². The van der Waals surface area contributed by atoms with Crippen molar-refractivity contribution in [1.82, 2.24) is 0 Å². The van der Waals surface area contributed by atoms with Crippen molar-refractivity contribution in [3.8, 4) is 0 Å². The highest BCUT2D eigenvalue weighted by Crippen LogP contribution is 2.25. The summed E-state index contributed by atoms with van der Waals surface area (Å²) < 4.78 is 15.1. The zero-order chi connectivity index (χ0) is 15.7. The maximum Gasteiger partial charge on any atom is 0.187 e. The lowest BCUT2D eigenvalue weighted by Crippen LogP contribution is -2.62. The molecular weight excluding hydrogens is 292 g/mol. The molecule has 0 aromatic carbocycles. The van der Waals surface area contributed by atoms with Gasteiger partial charge >= 0.3 is 0 Å². The van der Waals surface area contributed by atoms with Gasteiger partial charge in [-0.25, -0.2) is 0 Å². The molecule has 124 valence electrons. The summed E-state index contributed by atoms with van der Waals surface area (Å²) in [5, 5.41) is 66.5. The van der Waals surface area contributed by atoms with Gasteiger partial charge in [0.15, 0.2) is 12.6 Å². The fourth-order valence-corrected chi connectivity index (χ4v) is 2.25. The summed E-state index contributed by atoms with van der Waals surface area (Å²) in [5.41, 5.74) is 0. The molecule has 0 bridgehead atoms. The van der Waals surface area contributed by atoms with Gasteiger partial charge in [-0.05, 0) is 0 Å². The van der Waals surface area contributed by atoms with Crippen molar-refractivity contribution in [2.24, 2.45) is 0 Å². The minimum absolute atomic E-state index is 0.283. The Balaban J connectivity index is 2.01. The van der Waals surface area contributed by atoms with Gasteiger partial charge in [-0.2, -0.15) is 0 Å². The van der Waals surface area contributed by atoms with Crippen molar-refractivity contribution in [2.75, 3.05) is 13.2 Å². The second-order valence-electron chi connectivity index (χ2n) is 5.08. The van der Waals surface area contributed by atoms with E-state index in [1.54, 1.807) is 0 Å². The van der Waals surface area contributed by atoms with Crippen molar-refractivity contribution >= 4 is 0 Å². The molecule has 0 radical (unpaired) electrons. The summed E-state index contributed by atoms with van der Waals surface area (Å²) in [7, 11) is 0. The van der Waals surface area contributed by atoms with Crippen molar-refractivity contribution in [2.45, 2.75) is 55.3 Å². The van der Waals surface area contributed by atoms with E-state index in [1.165, 1.54) is 0 Å². The molecule has 2 rings (SSSR count). The van der Waals surface area contributed by atoms with E-state index in [4.69, 9.17) is 19.3 Å². The molecule has 0 spiro atoms. The Bertz CT molecular complexity index is 339. The van der Waals surface area contributed by atoms with Gasteiger partial charge in [0, 0.05) is 0 Å². The third kappa shape index (κ3) is 3.35. The quantitative estimate of drug-likeness (QED) is 0.268. The van der Waals surface area contributed by atoms with Gasteiger partial charge in [-0.15, -0.1) is 0 Å². The Hall–Kier alpha value is -0.400. The fourth-order valence-electron chi connectivity index (χ4n) is 2.25. The highest BCUT2D eigenvalue weighted by atomic mass is 16.7. The van der Waals surface area contributed by atoms with Crippen LogP contribution in [0.5, 0.6) is 0 Å². The van der Waals surface area contributed by atoms with E-state index >= 15 is 0 Å². The molecule has 1 unspecified atom stereocenters. The van der Waals surface area contributed by atoms with Crippen LogP contribution in [0.1, 0.15) is 0 Å². The number of ether oxygens (including phenoxy) is 3. The predicted molar refractivity (Wildman–Crippen MR) is 62.6 cm³/mol. The summed E-state index contributed by atoms with van der Waals surface area (Å²) in [6.07, 6.45) is -13.2. The van der Waals surface area contributed by atoms with Gasteiger partial charge in [0.25, 0.3) is 0 Å². The minimum Gasteiger partial charge on any atom is -0.394 e. The molecule has 2 fully saturated rings. The second kappa shape index (κ2) is 6.79. The molecule has 2 saturated heterocycles. The molecule has 2 aliphatic rings. The van der Waals surface area contributed by atoms with Crippen LogP contribution < -0.4 is 0 Å². The van der Waals surface area contributed by atoms with Crippen molar-refractivity contribution < 1.29 is 50.0 Å². The fraction of sp³-hybridized carbons (Fsp3) is 1.00. The molecule has 2 heterocycles. The van der Waals surface area contributed by atoms with Gasteiger partial charge in [-0.3, -0.25) is 0 Å². The molecule has 7 N–H and O–H groups in total. The summed E-state index contributed by atoms with van der Waals surface area (Å²) in [4.78, 5) is 0. The van der Waals surface area contributed by atoms with Crippen LogP contribution in [-0.4, -0.2) is 104 Å². The first-order valence-corrected chi connectivity index (χ1v) is 6.48. The molecule has 0 aliphatic carbocycles. The highest BCUT2D eigenvalue weighted by Gasteiger charge is 2.47. The third-order valence-electron chi connectivity index (χ3n) is 3.61. The predicted octanol–water partition coefficient (Wildman–Crippen LogP) is -4.76. The van der Waals surface area contributed by atoms with Crippen LogP contribution in [0.3, 0.4) is 0 Å². The van der Waals surface area contributed by atoms with Crippen LogP contribution in [0.15, 0.2) is 0 Å². The van der Waals surface area contributed by atoms with Crippen LogP contribution in [0.4, 0.5) is 0 Å². The average Bonchev–Trinajstić information content (AvgIpc) is 2.48. The minimum atomic E-state index is -1.63. The molecule has 21 heavy (non-hydrogen) atoms. The van der Waals surface area contributed by atoms with E-state index in [0.717, 1.165) is 0 Å². The van der Waals surface area contributed by atoms with Gasteiger partial charge in [0.1, 0.15) is 42.7 Å². The van der Waals surface area contributed by atoms with Crippen molar-refractivity contribution in [1.29, 1.82) is 0 Å². The lowest BCUT2D eigenvalue weighted by atomic mass is 9.99. The van der Waals surface area contributed by atoms with Crippen LogP contribution in [-0.2, 0) is 14.2 Å². The first-order valence-electron chi connectivity index (χ1n) is 6.48. The number of hydrogen-bond donors (Lipinski definition) is 7. The zero-order valence-corrected chi connectivity index (χ0v) is 11.0. The molecule has 0 aromatic heterocycles. The van der Waals surface area contributed by atoms with E-state index in [-0.39, 0.29) is 6.61 Å². The molecule has 0 saturated carbocycles. The van der Waals surface area contributed by atoms with Crippen LogP contribution in [0, 0.1) is 0 Å². The summed E-state index contributed by atoms with van der Waals surface area (Å²) in [5.74, 6) is 0. The number of hydrogen-bond acceptors (Lipinski definition) is 10. The second-order valence-corrected chi connectivity index (χ2v) is 5.08. The summed E-state index contributed by atoms with van der Waals surface area (Å²) >= 11 is 0. The van der Waals surface area contributed by atoms with E-state index in [2.05, 4.69) is 0 Å². The Morgan fingerprint density at radius 2 is 1.52 bits per heavy atom. The molecule has 2 aliphatic heterocycles. The normalized spacial score (nSPS) is 51.9. The van der Waals surface area contributed by atoms with Crippen LogP contribution in [0.25, 0.3) is 0 Å². The molecule has 0 aromatic rings. The summed E-state index contributed by atoms with van der Waals surface area (Å²) in [6, 6.07) is 0. The average molecular weight is 312 g/mol. The van der Waals surface area contributed by atoms with Crippen LogP contribution >= 0.6 is 0 Å². The Morgan fingerprint density at radius 3 is 2.14 bits per heavy atom. The topological polar surface area (TPSA) is 169 Å². The third-order valence-corrected chi connectivity index (χ3v) is 3.61. The lowest BCUT2D eigenvalue weighted by Gasteiger charge is -2.43. The zero-order valence-electron chi connectivity index (χ0n) is 11.0. The smallest absolute Gasteiger partial charge is 0.187 e. The molecule has 0 amide bonds. The molecule has 10 nitrogen and oxygen atoms in total. The molecule has 9 atom stereocenters. The molecule has 10 heteroatoms. The van der Waals surface area contributed by atoms with Crippen molar-refractivity contribution in [3.05, 3.63) is 0 Å². The standard InChI is InChI=1S/C11H20O10/c12-1-3-5(13)7(15)9(17)11(20-3)21-4-2-19-10(18)8(16)6(4)14/h3-18H,1-2H2/t3-,4-,5-,6+,7+,8-,9-,10?,11+/m1/s1. The number of aliphatic hydroxyl groups is 7. The van der Waals surface area contributed by atoms with Crippen LogP contribution in [0.2, 0.25) is 0 Å². The van der Waals surface area contributed by atoms with E-state index < -0.39 is 61.9 Å². The Kier molecular flexibility index (Phi) is 5.48. The largest absolute Gasteiger partial charge is 0.394 e. The maximum absolute atomic E-state index is 9.78. The Labute approximate surface area is 119 Å². The summed E-state index contributed by atoms with van der Waals surface area (Å²) in [6.45, 7) is -0.899. The molecular formula is C11H20O10. The van der Waals surface area contributed by atoms with Gasteiger partial charge in [0.05, 0.1) is 13.2 Å². The SMILES string of the molecule is OC[C@H]1O[C@@H](O[C@@H]2COC(O)[C@H](O)[C@H]2O)[C@H](O)[C@@H](O)[C@@H]1O. The number of rotatable bonds is 3. The van der Waals surface area contributed by atoms with E-state index in [9.17, 15) is 30.6 Å². The first kappa shape index (κ1) is 17.0. The van der Waals surface area contributed by atoms with E-state index in [0.29, 0.717) is 0 Å². The lowest BCUT2D eigenvalue weighted by molar-refractivity contribution is -0.340.